The van der Waals surface area contributed by atoms with Gasteiger partial charge in [0, 0.05) is 23.5 Å². The summed E-state index contributed by atoms with van der Waals surface area (Å²) in [4.78, 5) is 24.6. The van der Waals surface area contributed by atoms with Crippen molar-refractivity contribution >= 4 is 17.3 Å². The molecule has 0 aliphatic heterocycles. The smallest absolute Gasteiger partial charge is 0.412 e. The molecule has 0 spiro atoms. The molecule has 1 N–H and O–H groups in total. The lowest BCUT2D eigenvalue weighted by Crippen LogP contribution is -2.27. The van der Waals surface area contributed by atoms with E-state index in [0.29, 0.717) is 11.4 Å². The first-order valence-corrected chi connectivity index (χ1v) is 10.8. The van der Waals surface area contributed by atoms with E-state index in [1.165, 1.54) is 10.7 Å². The van der Waals surface area contributed by atoms with Gasteiger partial charge in [0.25, 0.3) is 5.56 Å². The zero-order valence-electron chi connectivity index (χ0n) is 19.4. The molecule has 0 aliphatic carbocycles. The van der Waals surface area contributed by atoms with E-state index < -0.39 is 11.7 Å². The summed E-state index contributed by atoms with van der Waals surface area (Å²) >= 11 is 0. The lowest BCUT2D eigenvalue weighted by Gasteiger charge is -2.19. The SMILES string of the molecule is CC(C)n1nc(-c2c(-c3ccccc3)nn3ccc(NC(=O)OC(C)(C)C)cc23)ccc1=O. The Morgan fingerprint density at radius 2 is 1.76 bits per heavy atom. The molecule has 1 amide bonds. The van der Waals surface area contributed by atoms with E-state index in [4.69, 9.17) is 9.84 Å². The molecular weight excluding hydrogens is 418 g/mol. The largest absolute Gasteiger partial charge is 0.444 e. The predicted octanol–water partition coefficient (Wildman–Crippen LogP) is 5.15. The van der Waals surface area contributed by atoms with Gasteiger partial charge in [0.15, 0.2) is 0 Å². The minimum absolute atomic E-state index is 0.0936. The van der Waals surface area contributed by atoms with Crippen LogP contribution < -0.4 is 10.9 Å². The van der Waals surface area contributed by atoms with Crippen LogP contribution in [0.3, 0.4) is 0 Å². The molecule has 8 heteroatoms. The van der Waals surface area contributed by atoms with Crippen molar-refractivity contribution in [3.63, 3.8) is 0 Å². The molecule has 33 heavy (non-hydrogen) atoms. The Morgan fingerprint density at radius 3 is 2.42 bits per heavy atom. The van der Waals surface area contributed by atoms with Crippen LogP contribution in [0.4, 0.5) is 10.5 Å². The Labute approximate surface area is 191 Å². The first kappa shape index (κ1) is 22.3. The third-order valence-corrected chi connectivity index (χ3v) is 4.90. The summed E-state index contributed by atoms with van der Waals surface area (Å²) in [7, 11) is 0. The standard InChI is InChI=1S/C25H27N5O3/c1-16(2)30-21(31)12-11-19(27-30)22-20-15-18(26-24(32)33-25(3,4)5)13-14-29(20)28-23(22)17-9-7-6-8-10-17/h6-16H,1-5H3,(H,26,32). The van der Waals surface area contributed by atoms with Crippen molar-refractivity contribution in [3.05, 3.63) is 71.1 Å². The van der Waals surface area contributed by atoms with E-state index in [9.17, 15) is 9.59 Å². The number of aromatic nitrogens is 4. The topological polar surface area (TPSA) is 90.5 Å². The lowest BCUT2D eigenvalue weighted by atomic mass is 10.0. The van der Waals surface area contributed by atoms with Crippen LogP contribution in [0.2, 0.25) is 0 Å². The molecule has 0 unspecified atom stereocenters. The fraction of sp³-hybridized carbons (Fsp3) is 0.280. The fourth-order valence-corrected chi connectivity index (χ4v) is 3.52. The van der Waals surface area contributed by atoms with Crippen molar-refractivity contribution in [2.45, 2.75) is 46.3 Å². The minimum Gasteiger partial charge on any atom is -0.444 e. The van der Waals surface area contributed by atoms with Crippen molar-refractivity contribution in [2.75, 3.05) is 5.32 Å². The highest BCUT2D eigenvalue weighted by Crippen LogP contribution is 2.34. The lowest BCUT2D eigenvalue weighted by molar-refractivity contribution is 0.0636. The van der Waals surface area contributed by atoms with Gasteiger partial charge in [-0.1, -0.05) is 30.3 Å². The summed E-state index contributed by atoms with van der Waals surface area (Å²) in [6.45, 7) is 9.26. The first-order valence-electron chi connectivity index (χ1n) is 10.8. The van der Waals surface area contributed by atoms with Gasteiger partial charge in [-0.25, -0.2) is 14.0 Å². The molecule has 0 atom stereocenters. The first-order chi connectivity index (χ1) is 15.6. The molecule has 8 nitrogen and oxygen atoms in total. The summed E-state index contributed by atoms with van der Waals surface area (Å²) in [5.41, 5.74) is 3.56. The van der Waals surface area contributed by atoms with E-state index in [1.807, 2.05) is 71.0 Å². The van der Waals surface area contributed by atoms with Gasteiger partial charge < -0.3 is 4.74 Å². The van der Waals surface area contributed by atoms with Gasteiger partial charge in [-0.2, -0.15) is 10.2 Å². The fourth-order valence-electron chi connectivity index (χ4n) is 3.52. The summed E-state index contributed by atoms with van der Waals surface area (Å²) in [6.07, 6.45) is 1.24. The van der Waals surface area contributed by atoms with Crippen LogP contribution in [0.5, 0.6) is 0 Å². The van der Waals surface area contributed by atoms with Crippen LogP contribution in [0.25, 0.3) is 28.0 Å². The molecule has 4 aromatic rings. The number of pyridine rings is 1. The second-order valence-electron chi connectivity index (χ2n) is 9.06. The van der Waals surface area contributed by atoms with Crippen molar-refractivity contribution in [1.82, 2.24) is 19.4 Å². The average Bonchev–Trinajstić information content (AvgIpc) is 3.12. The van der Waals surface area contributed by atoms with Crippen LogP contribution in [0.15, 0.2) is 65.6 Å². The number of nitrogens with zero attached hydrogens (tertiary/aromatic N) is 4. The molecule has 170 valence electrons. The average molecular weight is 446 g/mol. The molecule has 0 aliphatic rings. The predicted molar refractivity (Wildman–Crippen MR) is 128 cm³/mol. The van der Waals surface area contributed by atoms with Gasteiger partial charge in [-0.15, -0.1) is 0 Å². The van der Waals surface area contributed by atoms with Gasteiger partial charge in [-0.05, 0) is 52.8 Å². The second kappa shape index (κ2) is 8.54. The Kier molecular flexibility index (Phi) is 5.76. The number of carbonyl (C=O) groups excluding carboxylic acids is 1. The summed E-state index contributed by atoms with van der Waals surface area (Å²) < 4.78 is 8.57. The van der Waals surface area contributed by atoms with E-state index in [2.05, 4.69) is 10.4 Å². The third-order valence-electron chi connectivity index (χ3n) is 4.90. The number of benzene rings is 1. The van der Waals surface area contributed by atoms with Crippen molar-refractivity contribution < 1.29 is 9.53 Å². The van der Waals surface area contributed by atoms with Gasteiger partial charge in [0.1, 0.15) is 11.3 Å². The van der Waals surface area contributed by atoms with Crippen LogP contribution in [-0.2, 0) is 4.74 Å². The molecule has 0 saturated carbocycles. The number of ether oxygens (including phenoxy) is 1. The number of anilines is 1. The van der Waals surface area contributed by atoms with Gasteiger partial charge in [0.2, 0.25) is 0 Å². The zero-order valence-corrected chi connectivity index (χ0v) is 19.4. The van der Waals surface area contributed by atoms with E-state index in [0.717, 1.165) is 22.3 Å². The normalized spacial score (nSPS) is 11.7. The summed E-state index contributed by atoms with van der Waals surface area (Å²) in [5, 5.41) is 12.2. The summed E-state index contributed by atoms with van der Waals surface area (Å²) in [5.74, 6) is 0. The molecule has 3 aromatic heterocycles. The highest BCUT2D eigenvalue weighted by Gasteiger charge is 2.21. The number of amides is 1. The number of carbonyl (C=O) groups is 1. The Bertz CT molecular complexity index is 1360. The number of nitrogens with one attached hydrogen (secondary N) is 1. The second-order valence-corrected chi connectivity index (χ2v) is 9.06. The number of hydrogen-bond donors (Lipinski definition) is 1. The Morgan fingerprint density at radius 1 is 1.03 bits per heavy atom. The Balaban J connectivity index is 1.89. The minimum atomic E-state index is -0.606. The number of fused-ring (bicyclic) bond motifs is 1. The number of rotatable bonds is 4. The van der Waals surface area contributed by atoms with E-state index >= 15 is 0 Å². The maximum atomic E-state index is 12.3. The molecule has 0 saturated heterocycles. The molecule has 1 aromatic carbocycles. The van der Waals surface area contributed by atoms with Crippen LogP contribution in [0.1, 0.15) is 40.7 Å². The molecule has 4 rings (SSSR count). The van der Waals surface area contributed by atoms with Crippen LogP contribution in [-0.4, -0.2) is 31.1 Å². The maximum absolute atomic E-state index is 12.3. The molecule has 0 bridgehead atoms. The van der Waals surface area contributed by atoms with Crippen molar-refractivity contribution in [3.8, 4) is 22.5 Å². The monoisotopic (exact) mass is 445 g/mol. The quantitative estimate of drug-likeness (QED) is 0.469. The molecular formula is C25H27N5O3. The highest BCUT2D eigenvalue weighted by molar-refractivity contribution is 5.93. The van der Waals surface area contributed by atoms with Crippen LogP contribution in [0, 0.1) is 0 Å². The van der Waals surface area contributed by atoms with Crippen molar-refractivity contribution in [1.29, 1.82) is 0 Å². The van der Waals surface area contributed by atoms with E-state index in [1.54, 1.807) is 22.8 Å². The molecule has 0 radical (unpaired) electrons. The van der Waals surface area contributed by atoms with Crippen LogP contribution >= 0.6 is 0 Å². The van der Waals surface area contributed by atoms with Crippen molar-refractivity contribution in [2.24, 2.45) is 0 Å². The number of hydrogen-bond acceptors (Lipinski definition) is 5. The summed E-state index contributed by atoms with van der Waals surface area (Å²) in [6, 6.07) is 16.5. The van der Waals surface area contributed by atoms with Gasteiger partial charge >= 0.3 is 6.09 Å². The molecule has 0 fully saturated rings. The van der Waals surface area contributed by atoms with Gasteiger partial charge in [-0.3, -0.25) is 10.1 Å². The molecule has 3 heterocycles. The van der Waals surface area contributed by atoms with E-state index in [-0.39, 0.29) is 11.6 Å². The highest BCUT2D eigenvalue weighted by atomic mass is 16.6. The Hall–Kier alpha value is -3.94. The van der Waals surface area contributed by atoms with Gasteiger partial charge in [0.05, 0.1) is 22.8 Å². The third kappa shape index (κ3) is 4.79. The zero-order chi connectivity index (χ0) is 23.8. The maximum Gasteiger partial charge on any atom is 0.412 e.